The number of nitrogens with zero attached hydrogens (tertiary/aromatic N) is 1. The zero-order chi connectivity index (χ0) is 16.2. The molecule has 0 unspecified atom stereocenters. The van der Waals surface area contributed by atoms with Crippen molar-refractivity contribution in [1.29, 1.82) is 0 Å². The Bertz CT molecular complexity index is 687. The second kappa shape index (κ2) is 7.16. The number of amides is 1. The van der Waals surface area contributed by atoms with Gasteiger partial charge in [0.25, 0.3) is 0 Å². The van der Waals surface area contributed by atoms with Crippen LogP contribution in [-0.4, -0.2) is 23.9 Å². The van der Waals surface area contributed by atoms with E-state index in [2.05, 4.69) is 34.5 Å². The molecule has 1 aliphatic rings. The van der Waals surface area contributed by atoms with Gasteiger partial charge >= 0.3 is 0 Å². The average Bonchev–Trinajstić information content (AvgIpc) is 3.00. The number of carbonyl (C=O) groups is 1. The fourth-order valence-electron chi connectivity index (χ4n) is 3.17. The van der Waals surface area contributed by atoms with E-state index in [-0.39, 0.29) is 5.91 Å². The summed E-state index contributed by atoms with van der Waals surface area (Å²) in [4.78, 5) is 14.7. The Hall–Kier alpha value is -1.84. The minimum absolute atomic E-state index is 0.0122. The molecule has 1 atom stereocenters. The first-order valence-electron chi connectivity index (χ1n) is 7.98. The lowest BCUT2D eigenvalue weighted by molar-refractivity contribution is -0.117. The van der Waals surface area contributed by atoms with Crippen molar-refractivity contribution in [3.63, 3.8) is 0 Å². The summed E-state index contributed by atoms with van der Waals surface area (Å²) in [5.74, 6) is 0.0122. The van der Waals surface area contributed by atoms with Gasteiger partial charge in [-0.2, -0.15) is 0 Å². The molecule has 0 radical (unpaired) electrons. The summed E-state index contributed by atoms with van der Waals surface area (Å²) in [6.07, 6.45) is 2.23. The van der Waals surface area contributed by atoms with E-state index in [9.17, 15) is 4.79 Å². The third-order valence-corrected chi connectivity index (χ3v) is 4.60. The molecular formula is C19H21ClN2O. The van der Waals surface area contributed by atoms with E-state index in [4.69, 9.17) is 11.6 Å². The van der Waals surface area contributed by atoms with Gasteiger partial charge in [-0.05, 0) is 49.6 Å². The van der Waals surface area contributed by atoms with Gasteiger partial charge in [-0.25, -0.2) is 0 Å². The van der Waals surface area contributed by atoms with Crippen LogP contribution in [0.25, 0.3) is 0 Å². The molecule has 23 heavy (non-hydrogen) atoms. The number of anilines is 1. The molecule has 1 heterocycles. The van der Waals surface area contributed by atoms with E-state index in [1.54, 1.807) is 6.07 Å². The summed E-state index contributed by atoms with van der Waals surface area (Å²) in [6.45, 7) is 3.33. The van der Waals surface area contributed by atoms with Crippen LogP contribution in [0.2, 0.25) is 5.02 Å². The normalized spacial score (nSPS) is 18.1. The lowest BCUT2D eigenvalue weighted by atomic mass is 10.0. The summed E-state index contributed by atoms with van der Waals surface area (Å²) < 4.78 is 0. The number of benzene rings is 2. The van der Waals surface area contributed by atoms with Crippen molar-refractivity contribution in [2.45, 2.75) is 25.8 Å². The van der Waals surface area contributed by atoms with Gasteiger partial charge in [-0.1, -0.05) is 48.0 Å². The molecule has 1 saturated heterocycles. The molecule has 0 bridgehead atoms. The smallest absolute Gasteiger partial charge is 0.238 e. The monoisotopic (exact) mass is 328 g/mol. The van der Waals surface area contributed by atoms with Crippen molar-refractivity contribution >= 4 is 23.2 Å². The molecule has 1 aliphatic heterocycles. The zero-order valence-corrected chi connectivity index (χ0v) is 14.0. The minimum atomic E-state index is 0.0122. The van der Waals surface area contributed by atoms with Gasteiger partial charge in [0.1, 0.15) is 0 Å². The Labute approximate surface area is 142 Å². The van der Waals surface area contributed by atoms with Gasteiger partial charge in [0, 0.05) is 16.8 Å². The molecule has 4 heteroatoms. The van der Waals surface area contributed by atoms with Crippen LogP contribution in [0.3, 0.4) is 0 Å². The summed E-state index contributed by atoms with van der Waals surface area (Å²) in [5.41, 5.74) is 3.10. The number of aryl methyl sites for hydroxylation is 1. The number of nitrogens with one attached hydrogen (secondary N) is 1. The number of halogens is 1. The Balaban J connectivity index is 1.66. The Morgan fingerprint density at radius 2 is 2.04 bits per heavy atom. The van der Waals surface area contributed by atoms with Crippen LogP contribution in [0, 0.1) is 6.92 Å². The highest BCUT2D eigenvalue weighted by molar-refractivity contribution is 6.31. The molecule has 3 nitrogen and oxygen atoms in total. The van der Waals surface area contributed by atoms with Crippen molar-refractivity contribution in [2.75, 3.05) is 18.4 Å². The number of rotatable bonds is 4. The molecule has 0 aliphatic carbocycles. The molecule has 0 aromatic heterocycles. The lowest BCUT2D eigenvalue weighted by Crippen LogP contribution is -2.33. The predicted octanol–water partition coefficient (Wildman–Crippen LogP) is 4.42. The molecule has 0 spiro atoms. The van der Waals surface area contributed by atoms with Crippen LogP contribution in [-0.2, 0) is 4.79 Å². The van der Waals surface area contributed by atoms with Gasteiger partial charge in [0.15, 0.2) is 0 Å². The van der Waals surface area contributed by atoms with Crippen LogP contribution >= 0.6 is 11.6 Å². The highest BCUT2D eigenvalue weighted by Crippen LogP contribution is 2.31. The first-order chi connectivity index (χ1) is 11.1. The maximum atomic E-state index is 12.4. The summed E-state index contributed by atoms with van der Waals surface area (Å²) in [6, 6.07) is 16.3. The van der Waals surface area contributed by atoms with Gasteiger partial charge in [-0.15, -0.1) is 0 Å². The fourth-order valence-corrected chi connectivity index (χ4v) is 3.34. The third kappa shape index (κ3) is 3.92. The first kappa shape index (κ1) is 16.0. The number of likely N-dealkylation sites (tertiary alicyclic amines) is 1. The van der Waals surface area contributed by atoms with Crippen molar-refractivity contribution in [3.05, 3.63) is 64.7 Å². The average molecular weight is 329 g/mol. The fraction of sp³-hybridized carbons (Fsp3) is 0.316. The third-order valence-electron chi connectivity index (χ3n) is 4.37. The first-order valence-corrected chi connectivity index (χ1v) is 8.36. The van der Waals surface area contributed by atoms with E-state index >= 15 is 0 Å². The molecule has 120 valence electrons. The van der Waals surface area contributed by atoms with E-state index in [1.807, 2.05) is 25.1 Å². The maximum absolute atomic E-state index is 12.4. The van der Waals surface area contributed by atoms with Crippen molar-refractivity contribution < 1.29 is 4.79 Å². The highest BCUT2D eigenvalue weighted by atomic mass is 35.5. The molecule has 2 aromatic rings. The Kier molecular flexibility index (Phi) is 4.99. The molecule has 1 fully saturated rings. The van der Waals surface area contributed by atoms with E-state index < -0.39 is 0 Å². The van der Waals surface area contributed by atoms with Gasteiger partial charge in [0.05, 0.1) is 6.54 Å². The second-order valence-corrected chi connectivity index (χ2v) is 6.48. The molecule has 0 saturated carbocycles. The van der Waals surface area contributed by atoms with Gasteiger partial charge in [-0.3, -0.25) is 9.69 Å². The molecule has 1 N–H and O–H groups in total. The second-order valence-electron chi connectivity index (χ2n) is 6.05. The van der Waals surface area contributed by atoms with E-state index in [1.165, 1.54) is 5.56 Å². The van der Waals surface area contributed by atoms with Crippen LogP contribution in [0.15, 0.2) is 48.5 Å². The minimum Gasteiger partial charge on any atom is -0.325 e. The van der Waals surface area contributed by atoms with Gasteiger partial charge in [0.2, 0.25) is 5.91 Å². The van der Waals surface area contributed by atoms with Gasteiger partial charge < -0.3 is 5.32 Å². The van der Waals surface area contributed by atoms with E-state index in [0.717, 1.165) is 30.6 Å². The van der Waals surface area contributed by atoms with E-state index in [0.29, 0.717) is 17.6 Å². The number of carbonyl (C=O) groups excluding carboxylic acids is 1. The maximum Gasteiger partial charge on any atom is 0.238 e. The van der Waals surface area contributed by atoms with Crippen LogP contribution < -0.4 is 5.32 Å². The van der Waals surface area contributed by atoms with Crippen LogP contribution in [0.5, 0.6) is 0 Å². The molecular weight excluding hydrogens is 308 g/mol. The number of hydrogen-bond donors (Lipinski definition) is 1. The predicted molar refractivity (Wildman–Crippen MR) is 94.8 cm³/mol. The van der Waals surface area contributed by atoms with Crippen LogP contribution in [0.4, 0.5) is 5.69 Å². The summed E-state index contributed by atoms with van der Waals surface area (Å²) in [7, 11) is 0. The number of hydrogen-bond acceptors (Lipinski definition) is 2. The standard InChI is InChI=1S/C19H21ClN2O/c1-14-9-10-16(20)12-17(14)21-19(23)13-22-11-5-8-18(22)15-6-3-2-4-7-15/h2-4,6-7,9-10,12,18H,5,8,11,13H2,1H3,(H,21,23)/t18-/m0/s1. The van der Waals surface area contributed by atoms with Crippen molar-refractivity contribution in [1.82, 2.24) is 4.90 Å². The largest absolute Gasteiger partial charge is 0.325 e. The van der Waals surface area contributed by atoms with Crippen molar-refractivity contribution in [2.24, 2.45) is 0 Å². The summed E-state index contributed by atoms with van der Waals surface area (Å²) in [5, 5.41) is 3.62. The Morgan fingerprint density at radius 1 is 1.26 bits per heavy atom. The summed E-state index contributed by atoms with van der Waals surface area (Å²) >= 11 is 6.01. The Morgan fingerprint density at radius 3 is 2.83 bits per heavy atom. The topological polar surface area (TPSA) is 32.3 Å². The highest BCUT2D eigenvalue weighted by Gasteiger charge is 2.27. The quantitative estimate of drug-likeness (QED) is 0.900. The molecule has 2 aromatic carbocycles. The zero-order valence-electron chi connectivity index (χ0n) is 13.3. The molecule has 1 amide bonds. The van der Waals surface area contributed by atoms with Crippen molar-refractivity contribution in [3.8, 4) is 0 Å². The molecule has 3 rings (SSSR count). The van der Waals surface area contributed by atoms with Crippen LogP contribution in [0.1, 0.15) is 30.0 Å². The SMILES string of the molecule is Cc1ccc(Cl)cc1NC(=O)CN1CCC[C@H]1c1ccccc1. The lowest BCUT2D eigenvalue weighted by Gasteiger charge is -2.24.